The highest BCUT2D eigenvalue weighted by molar-refractivity contribution is 5.47. The van der Waals surface area contributed by atoms with Gasteiger partial charge in [0.25, 0.3) is 0 Å². The summed E-state index contributed by atoms with van der Waals surface area (Å²) in [4.78, 5) is 10.8. The van der Waals surface area contributed by atoms with Crippen LogP contribution in [-0.2, 0) is 0 Å². The molecule has 1 fully saturated rings. The maximum atomic E-state index is 8.71. The van der Waals surface area contributed by atoms with Gasteiger partial charge in [-0.05, 0) is 19.8 Å². The molecule has 1 aliphatic rings. The minimum absolute atomic E-state index is 0.126. The van der Waals surface area contributed by atoms with Gasteiger partial charge in [0.2, 0.25) is 0 Å². The van der Waals surface area contributed by atoms with Gasteiger partial charge in [-0.15, -0.1) is 0 Å². The van der Waals surface area contributed by atoms with Crippen molar-refractivity contribution in [2.75, 3.05) is 17.7 Å². The van der Waals surface area contributed by atoms with Crippen LogP contribution in [0.3, 0.4) is 0 Å². The summed E-state index contributed by atoms with van der Waals surface area (Å²) in [6.45, 7) is 2.00. The topological polar surface area (TPSA) is 78.8 Å². The molecule has 0 aromatic carbocycles. The highest BCUT2D eigenvalue weighted by Gasteiger charge is 2.27. The number of hydrogen-bond acceptors (Lipinski definition) is 5. The standard InChI is InChI=1S/C12H17N5/c1-8(5-6-13)17(2)11-7-10(14)15-12(16-11)9-3-4-9/h7-9H,3-5H2,1-2H3,(H2,14,15,16). The summed E-state index contributed by atoms with van der Waals surface area (Å²) in [7, 11) is 1.93. The average Bonchev–Trinajstić information content (AvgIpc) is 3.11. The second kappa shape index (κ2) is 4.58. The Balaban J connectivity index is 2.22. The van der Waals surface area contributed by atoms with Gasteiger partial charge in [-0.2, -0.15) is 5.26 Å². The quantitative estimate of drug-likeness (QED) is 0.852. The number of rotatable bonds is 4. The molecular weight excluding hydrogens is 214 g/mol. The Bertz CT molecular complexity index is 447. The summed E-state index contributed by atoms with van der Waals surface area (Å²) in [5.41, 5.74) is 5.79. The lowest BCUT2D eigenvalue weighted by atomic mass is 10.2. The summed E-state index contributed by atoms with van der Waals surface area (Å²) in [5.74, 6) is 2.64. The van der Waals surface area contributed by atoms with Crippen LogP contribution >= 0.6 is 0 Å². The molecule has 5 nitrogen and oxygen atoms in total. The van der Waals surface area contributed by atoms with Crippen LogP contribution in [-0.4, -0.2) is 23.1 Å². The largest absolute Gasteiger partial charge is 0.384 e. The minimum atomic E-state index is 0.126. The number of anilines is 2. The molecule has 0 amide bonds. The Labute approximate surface area is 101 Å². The molecule has 1 aromatic heterocycles. The molecule has 1 saturated carbocycles. The predicted octanol–water partition coefficient (Wildman–Crippen LogP) is 1.67. The zero-order valence-corrected chi connectivity index (χ0v) is 10.2. The van der Waals surface area contributed by atoms with Gasteiger partial charge in [-0.3, -0.25) is 0 Å². The Morgan fingerprint density at radius 3 is 2.88 bits per heavy atom. The molecule has 0 radical (unpaired) electrons. The van der Waals surface area contributed by atoms with Gasteiger partial charge in [-0.25, -0.2) is 9.97 Å². The van der Waals surface area contributed by atoms with E-state index in [1.165, 1.54) is 0 Å². The van der Waals surface area contributed by atoms with E-state index in [0.29, 0.717) is 18.2 Å². The first-order valence-electron chi connectivity index (χ1n) is 5.86. The van der Waals surface area contributed by atoms with Crippen LogP contribution in [0.15, 0.2) is 6.07 Å². The molecule has 90 valence electrons. The fourth-order valence-electron chi connectivity index (χ4n) is 1.67. The molecule has 2 rings (SSSR count). The first kappa shape index (κ1) is 11.6. The second-order valence-electron chi connectivity index (χ2n) is 4.61. The van der Waals surface area contributed by atoms with Crippen LogP contribution in [0.5, 0.6) is 0 Å². The summed E-state index contributed by atoms with van der Waals surface area (Å²) >= 11 is 0. The number of nitrogens with zero attached hydrogens (tertiary/aromatic N) is 4. The van der Waals surface area contributed by atoms with E-state index >= 15 is 0 Å². The molecule has 0 spiro atoms. The Hall–Kier alpha value is -1.83. The normalized spacial score (nSPS) is 16.3. The lowest BCUT2D eigenvalue weighted by molar-refractivity contribution is 0.689. The predicted molar refractivity (Wildman–Crippen MR) is 66.5 cm³/mol. The van der Waals surface area contributed by atoms with E-state index in [0.717, 1.165) is 24.5 Å². The van der Waals surface area contributed by atoms with Gasteiger partial charge in [0.1, 0.15) is 17.5 Å². The molecule has 17 heavy (non-hydrogen) atoms. The van der Waals surface area contributed by atoms with E-state index in [9.17, 15) is 0 Å². The first-order chi connectivity index (χ1) is 8.11. The van der Waals surface area contributed by atoms with E-state index in [-0.39, 0.29) is 6.04 Å². The molecule has 0 aliphatic heterocycles. The van der Waals surface area contributed by atoms with Crippen LogP contribution < -0.4 is 10.6 Å². The van der Waals surface area contributed by atoms with Crippen molar-refractivity contribution in [1.82, 2.24) is 9.97 Å². The third-order valence-corrected chi connectivity index (χ3v) is 3.10. The number of nitriles is 1. The van der Waals surface area contributed by atoms with Crippen LogP contribution in [0.2, 0.25) is 0 Å². The number of aromatic nitrogens is 2. The van der Waals surface area contributed by atoms with Crippen LogP contribution in [0, 0.1) is 11.3 Å². The smallest absolute Gasteiger partial charge is 0.136 e. The van der Waals surface area contributed by atoms with Crippen molar-refractivity contribution in [2.45, 2.75) is 38.1 Å². The zero-order valence-electron chi connectivity index (χ0n) is 10.2. The molecule has 1 heterocycles. The molecule has 1 aromatic rings. The molecule has 1 unspecified atom stereocenters. The second-order valence-corrected chi connectivity index (χ2v) is 4.61. The summed E-state index contributed by atoms with van der Waals surface area (Å²) < 4.78 is 0. The van der Waals surface area contributed by atoms with Crippen molar-refractivity contribution in [3.8, 4) is 6.07 Å². The van der Waals surface area contributed by atoms with Crippen LogP contribution in [0.1, 0.15) is 37.9 Å². The highest BCUT2D eigenvalue weighted by Crippen LogP contribution is 2.38. The van der Waals surface area contributed by atoms with E-state index < -0.39 is 0 Å². The minimum Gasteiger partial charge on any atom is -0.384 e. The third-order valence-electron chi connectivity index (χ3n) is 3.10. The summed E-state index contributed by atoms with van der Waals surface area (Å²) in [6.07, 6.45) is 2.78. The average molecular weight is 231 g/mol. The highest BCUT2D eigenvalue weighted by atomic mass is 15.2. The Morgan fingerprint density at radius 1 is 1.59 bits per heavy atom. The molecular formula is C12H17N5. The molecule has 5 heteroatoms. The van der Waals surface area contributed by atoms with Gasteiger partial charge >= 0.3 is 0 Å². The Morgan fingerprint density at radius 2 is 2.29 bits per heavy atom. The number of nitrogen functional groups attached to an aromatic ring is 1. The van der Waals surface area contributed by atoms with Crippen molar-refractivity contribution in [1.29, 1.82) is 5.26 Å². The first-order valence-corrected chi connectivity index (χ1v) is 5.86. The third kappa shape index (κ3) is 2.64. The number of hydrogen-bond donors (Lipinski definition) is 1. The van der Waals surface area contributed by atoms with Crippen molar-refractivity contribution in [3.05, 3.63) is 11.9 Å². The Kier molecular flexibility index (Phi) is 3.14. The maximum absolute atomic E-state index is 8.71. The fourth-order valence-corrected chi connectivity index (χ4v) is 1.67. The van der Waals surface area contributed by atoms with E-state index in [1.807, 2.05) is 18.9 Å². The summed E-state index contributed by atoms with van der Waals surface area (Å²) in [5, 5.41) is 8.71. The van der Waals surface area contributed by atoms with Crippen molar-refractivity contribution in [3.63, 3.8) is 0 Å². The van der Waals surface area contributed by atoms with Gasteiger partial charge in [0, 0.05) is 25.1 Å². The van der Waals surface area contributed by atoms with Gasteiger partial charge in [0.15, 0.2) is 0 Å². The molecule has 0 saturated heterocycles. The lowest BCUT2D eigenvalue weighted by Crippen LogP contribution is -2.29. The van der Waals surface area contributed by atoms with E-state index in [4.69, 9.17) is 11.0 Å². The van der Waals surface area contributed by atoms with Gasteiger partial charge < -0.3 is 10.6 Å². The molecule has 2 N–H and O–H groups in total. The maximum Gasteiger partial charge on any atom is 0.136 e. The van der Waals surface area contributed by atoms with Crippen LogP contribution in [0.4, 0.5) is 11.6 Å². The molecule has 1 aliphatic carbocycles. The van der Waals surface area contributed by atoms with Gasteiger partial charge in [-0.1, -0.05) is 0 Å². The van der Waals surface area contributed by atoms with Gasteiger partial charge in [0.05, 0.1) is 12.5 Å². The lowest BCUT2D eigenvalue weighted by Gasteiger charge is -2.24. The fraction of sp³-hybridized carbons (Fsp3) is 0.583. The SMILES string of the molecule is CC(CC#N)N(C)c1cc(N)nc(C2CC2)n1. The monoisotopic (exact) mass is 231 g/mol. The van der Waals surface area contributed by atoms with Crippen molar-refractivity contribution < 1.29 is 0 Å². The zero-order chi connectivity index (χ0) is 12.4. The van der Waals surface area contributed by atoms with Crippen molar-refractivity contribution >= 4 is 11.6 Å². The molecule has 0 bridgehead atoms. The van der Waals surface area contributed by atoms with E-state index in [1.54, 1.807) is 6.07 Å². The summed E-state index contributed by atoms with van der Waals surface area (Å²) in [6, 6.07) is 4.06. The van der Waals surface area contributed by atoms with E-state index in [2.05, 4.69) is 16.0 Å². The number of nitrogens with two attached hydrogens (primary N) is 1. The molecule has 1 atom stereocenters. The van der Waals surface area contributed by atoms with Crippen molar-refractivity contribution in [2.24, 2.45) is 0 Å². The van der Waals surface area contributed by atoms with Crippen LogP contribution in [0.25, 0.3) is 0 Å².